The van der Waals surface area contributed by atoms with Crippen LogP contribution in [0.1, 0.15) is 24.3 Å². The molecule has 0 bridgehead atoms. The van der Waals surface area contributed by atoms with Crippen LogP contribution >= 0.6 is 15.9 Å². The summed E-state index contributed by atoms with van der Waals surface area (Å²) in [6.07, 6.45) is 0.770. The van der Waals surface area contributed by atoms with Crippen molar-refractivity contribution in [3.05, 3.63) is 34.3 Å². The minimum atomic E-state index is 0.0144. The molecule has 0 N–H and O–H groups in total. The summed E-state index contributed by atoms with van der Waals surface area (Å²) in [6.45, 7) is 0. The maximum absolute atomic E-state index is 8.64. The lowest BCUT2D eigenvalue weighted by Crippen LogP contribution is -1.97. The SMILES string of the molecule is N#CCC(CC#N)c1ccccc1Br. The van der Waals surface area contributed by atoms with Crippen molar-refractivity contribution in [3.63, 3.8) is 0 Å². The van der Waals surface area contributed by atoms with Gasteiger partial charge in [0.05, 0.1) is 12.1 Å². The molecule has 0 radical (unpaired) electrons. The molecule has 1 aromatic rings. The second-order valence-corrected chi connectivity index (χ2v) is 3.80. The summed E-state index contributed by atoms with van der Waals surface area (Å²) in [5.41, 5.74) is 1.04. The van der Waals surface area contributed by atoms with Crippen molar-refractivity contribution in [1.82, 2.24) is 0 Å². The number of hydrogen-bond donors (Lipinski definition) is 0. The van der Waals surface area contributed by atoms with Gasteiger partial charge in [0.2, 0.25) is 0 Å². The van der Waals surface area contributed by atoms with Gasteiger partial charge in [-0.2, -0.15) is 10.5 Å². The maximum atomic E-state index is 8.64. The molecule has 0 saturated heterocycles. The fourth-order valence-corrected chi connectivity index (χ4v) is 1.93. The van der Waals surface area contributed by atoms with Crippen LogP contribution in [0.15, 0.2) is 28.7 Å². The Labute approximate surface area is 91.9 Å². The maximum Gasteiger partial charge on any atom is 0.0628 e. The van der Waals surface area contributed by atoms with Crippen LogP contribution in [0, 0.1) is 22.7 Å². The zero-order valence-electron chi connectivity index (χ0n) is 7.57. The zero-order valence-corrected chi connectivity index (χ0v) is 9.16. The highest BCUT2D eigenvalue weighted by atomic mass is 79.9. The molecule has 0 aliphatic carbocycles. The molecule has 1 rings (SSSR count). The molecule has 1 aromatic carbocycles. The first-order chi connectivity index (χ1) is 6.79. The molecule has 0 fully saturated rings. The smallest absolute Gasteiger partial charge is 0.0628 e. The molecule has 0 atom stereocenters. The van der Waals surface area contributed by atoms with E-state index in [1.165, 1.54) is 0 Å². The number of nitriles is 2. The molecule has 2 nitrogen and oxygen atoms in total. The Morgan fingerprint density at radius 3 is 2.21 bits per heavy atom. The van der Waals surface area contributed by atoms with E-state index in [-0.39, 0.29) is 5.92 Å². The second kappa shape index (κ2) is 5.42. The number of nitrogens with zero attached hydrogens (tertiary/aromatic N) is 2. The van der Waals surface area contributed by atoms with Crippen LogP contribution in [0.3, 0.4) is 0 Å². The van der Waals surface area contributed by atoms with Gasteiger partial charge in [-0.3, -0.25) is 0 Å². The van der Waals surface area contributed by atoms with Crippen LogP contribution in [-0.4, -0.2) is 0 Å². The Balaban J connectivity index is 2.95. The largest absolute Gasteiger partial charge is 0.198 e. The molecule has 0 aliphatic rings. The minimum absolute atomic E-state index is 0.0144. The molecule has 0 aliphatic heterocycles. The first-order valence-corrected chi connectivity index (χ1v) is 5.07. The van der Waals surface area contributed by atoms with E-state index in [0.29, 0.717) is 12.8 Å². The molecule has 14 heavy (non-hydrogen) atoms. The normalized spacial score (nSPS) is 9.43. The highest BCUT2D eigenvalue weighted by molar-refractivity contribution is 9.10. The molecule has 0 heterocycles. The van der Waals surface area contributed by atoms with E-state index in [2.05, 4.69) is 28.1 Å². The third kappa shape index (κ3) is 2.58. The van der Waals surface area contributed by atoms with Gasteiger partial charge in [0.1, 0.15) is 0 Å². The topological polar surface area (TPSA) is 47.6 Å². The van der Waals surface area contributed by atoms with E-state index in [0.717, 1.165) is 10.0 Å². The summed E-state index contributed by atoms with van der Waals surface area (Å²) in [5, 5.41) is 17.3. The van der Waals surface area contributed by atoms with Gasteiger partial charge in [0, 0.05) is 23.2 Å². The molecular weight excluding hydrogens is 240 g/mol. The van der Waals surface area contributed by atoms with Crippen molar-refractivity contribution >= 4 is 15.9 Å². The second-order valence-electron chi connectivity index (χ2n) is 2.94. The Hall–Kier alpha value is -1.32. The van der Waals surface area contributed by atoms with E-state index in [1.807, 2.05) is 24.3 Å². The first-order valence-electron chi connectivity index (χ1n) is 4.28. The summed E-state index contributed by atoms with van der Waals surface area (Å²) in [5.74, 6) is 0.0144. The Bertz CT molecular complexity index is 371. The highest BCUT2D eigenvalue weighted by Gasteiger charge is 2.13. The quantitative estimate of drug-likeness (QED) is 0.824. The van der Waals surface area contributed by atoms with Crippen LogP contribution in [0.2, 0.25) is 0 Å². The lowest BCUT2D eigenvalue weighted by Gasteiger charge is -2.11. The molecule has 0 aromatic heterocycles. The summed E-state index contributed by atoms with van der Waals surface area (Å²) in [4.78, 5) is 0. The van der Waals surface area contributed by atoms with Crippen molar-refractivity contribution < 1.29 is 0 Å². The van der Waals surface area contributed by atoms with Crippen molar-refractivity contribution in [1.29, 1.82) is 10.5 Å². The van der Waals surface area contributed by atoms with Gasteiger partial charge in [-0.15, -0.1) is 0 Å². The van der Waals surface area contributed by atoms with Crippen molar-refractivity contribution in [2.24, 2.45) is 0 Å². The molecule has 70 valence electrons. The van der Waals surface area contributed by atoms with E-state index >= 15 is 0 Å². The van der Waals surface area contributed by atoms with Gasteiger partial charge >= 0.3 is 0 Å². The summed E-state index contributed by atoms with van der Waals surface area (Å²) >= 11 is 3.42. The highest BCUT2D eigenvalue weighted by Crippen LogP contribution is 2.29. The first kappa shape index (κ1) is 10.8. The minimum Gasteiger partial charge on any atom is -0.198 e. The van der Waals surface area contributed by atoms with Gasteiger partial charge in [-0.05, 0) is 11.6 Å². The fraction of sp³-hybridized carbons (Fsp3) is 0.273. The van der Waals surface area contributed by atoms with E-state index in [1.54, 1.807) is 0 Å². The fourth-order valence-electron chi connectivity index (χ4n) is 1.32. The van der Waals surface area contributed by atoms with Gasteiger partial charge in [0.25, 0.3) is 0 Å². The van der Waals surface area contributed by atoms with Crippen LogP contribution in [0.4, 0.5) is 0 Å². The summed E-state index contributed by atoms with van der Waals surface area (Å²) < 4.78 is 0.968. The number of rotatable bonds is 3. The average Bonchev–Trinajstić information content (AvgIpc) is 2.18. The number of benzene rings is 1. The van der Waals surface area contributed by atoms with E-state index in [4.69, 9.17) is 10.5 Å². The molecule has 0 unspecified atom stereocenters. The molecule has 0 saturated carbocycles. The van der Waals surface area contributed by atoms with Crippen LogP contribution in [0.5, 0.6) is 0 Å². The predicted octanol–water partition coefficient (Wildman–Crippen LogP) is 3.36. The third-order valence-electron chi connectivity index (χ3n) is 2.02. The van der Waals surface area contributed by atoms with E-state index < -0.39 is 0 Å². The Kier molecular flexibility index (Phi) is 4.16. The van der Waals surface area contributed by atoms with Gasteiger partial charge in [0.15, 0.2) is 0 Å². The van der Waals surface area contributed by atoms with Crippen molar-refractivity contribution in [2.75, 3.05) is 0 Å². The van der Waals surface area contributed by atoms with E-state index in [9.17, 15) is 0 Å². The Morgan fingerprint density at radius 2 is 1.71 bits per heavy atom. The third-order valence-corrected chi connectivity index (χ3v) is 2.74. The molecular formula is C11H9BrN2. The number of hydrogen-bond acceptors (Lipinski definition) is 2. The molecule has 0 spiro atoms. The van der Waals surface area contributed by atoms with Crippen molar-refractivity contribution in [2.45, 2.75) is 18.8 Å². The number of halogens is 1. The average molecular weight is 249 g/mol. The lowest BCUT2D eigenvalue weighted by molar-refractivity contribution is 0.723. The van der Waals surface area contributed by atoms with Crippen molar-refractivity contribution in [3.8, 4) is 12.1 Å². The van der Waals surface area contributed by atoms with Crippen LogP contribution in [0.25, 0.3) is 0 Å². The summed E-state index contributed by atoms with van der Waals surface area (Å²) in [7, 11) is 0. The van der Waals surface area contributed by atoms with Gasteiger partial charge in [-0.25, -0.2) is 0 Å². The standard InChI is InChI=1S/C11H9BrN2/c12-11-4-2-1-3-10(11)9(5-7-13)6-8-14/h1-4,9H,5-6H2. The monoisotopic (exact) mass is 248 g/mol. The molecule has 3 heteroatoms. The zero-order chi connectivity index (χ0) is 10.4. The van der Waals surface area contributed by atoms with Crippen LogP contribution in [-0.2, 0) is 0 Å². The van der Waals surface area contributed by atoms with Crippen LogP contribution < -0.4 is 0 Å². The van der Waals surface area contributed by atoms with Gasteiger partial charge < -0.3 is 0 Å². The lowest BCUT2D eigenvalue weighted by atomic mass is 9.94. The summed E-state index contributed by atoms with van der Waals surface area (Å²) in [6, 6.07) is 11.9. The van der Waals surface area contributed by atoms with Gasteiger partial charge in [-0.1, -0.05) is 34.1 Å². The molecule has 0 amide bonds. The predicted molar refractivity (Wildman–Crippen MR) is 57.3 cm³/mol. The Morgan fingerprint density at radius 1 is 1.14 bits per heavy atom.